The number of aryl methyl sites for hydroxylation is 1. The van der Waals surface area contributed by atoms with Crippen molar-refractivity contribution in [3.8, 4) is 0 Å². The highest BCUT2D eigenvalue weighted by molar-refractivity contribution is 7.90. The van der Waals surface area contributed by atoms with Crippen LogP contribution in [-0.2, 0) is 17.3 Å². The van der Waals surface area contributed by atoms with Crippen LogP contribution in [0.1, 0.15) is 12.8 Å². The molecule has 1 aromatic rings. The van der Waals surface area contributed by atoms with Crippen LogP contribution in [-0.4, -0.2) is 44.4 Å². The number of quaternary nitrogens is 1. The summed E-state index contributed by atoms with van der Waals surface area (Å²) in [6.45, 7) is 1.84. The fourth-order valence-corrected chi connectivity index (χ4v) is 3.52. The lowest BCUT2D eigenvalue weighted by molar-refractivity contribution is -0.885. The van der Waals surface area contributed by atoms with Crippen molar-refractivity contribution in [1.82, 2.24) is 9.78 Å². The molecule has 102 valence electrons. The molecule has 1 aliphatic rings. The number of anilines is 1. The summed E-state index contributed by atoms with van der Waals surface area (Å²) < 4.78 is 26.5. The van der Waals surface area contributed by atoms with E-state index in [1.807, 2.05) is 0 Å². The zero-order chi connectivity index (χ0) is 13.3. The predicted octanol–water partition coefficient (Wildman–Crippen LogP) is -1.89. The van der Waals surface area contributed by atoms with E-state index in [9.17, 15) is 8.42 Å². The molecular weight excluding hydrogens is 254 g/mol. The van der Waals surface area contributed by atoms with Gasteiger partial charge in [0.05, 0.1) is 38.1 Å². The number of hydrogen-bond donors (Lipinski definition) is 2. The molecule has 0 bridgehead atoms. The lowest BCUT2D eigenvalue weighted by Crippen LogP contribution is -3.11. The molecule has 0 aromatic carbocycles. The van der Waals surface area contributed by atoms with Crippen molar-refractivity contribution < 1.29 is 13.3 Å². The maximum Gasteiger partial charge on any atom is 0.299 e. The second kappa shape index (κ2) is 4.87. The van der Waals surface area contributed by atoms with Crippen LogP contribution in [0.25, 0.3) is 0 Å². The summed E-state index contributed by atoms with van der Waals surface area (Å²) in [5.74, 6) is 0. The van der Waals surface area contributed by atoms with Gasteiger partial charge in [0.15, 0.2) is 0 Å². The van der Waals surface area contributed by atoms with Gasteiger partial charge < -0.3 is 4.90 Å². The van der Waals surface area contributed by atoms with Gasteiger partial charge in [0.25, 0.3) is 10.2 Å². The Morgan fingerprint density at radius 3 is 2.83 bits per heavy atom. The van der Waals surface area contributed by atoms with E-state index in [0.717, 1.165) is 25.9 Å². The Morgan fingerprint density at radius 1 is 1.61 bits per heavy atom. The standard InChI is InChI=1S/C10H19N5O2S/c1-13-5-3-4-9(7-13)15(18(11,16)17)10-6-12-14(2)8-10/h6,8-9H,3-5,7H2,1-2H3,(H2,11,16,17)/p+1. The van der Waals surface area contributed by atoms with Crippen LogP contribution < -0.4 is 14.3 Å². The first kappa shape index (κ1) is 13.3. The van der Waals surface area contributed by atoms with Gasteiger partial charge in [0.2, 0.25) is 0 Å². The van der Waals surface area contributed by atoms with Crippen LogP contribution in [0.3, 0.4) is 0 Å². The number of piperidine rings is 1. The minimum Gasteiger partial charge on any atom is -0.336 e. The smallest absolute Gasteiger partial charge is 0.299 e. The van der Waals surface area contributed by atoms with E-state index >= 15 is 0 Å². The molecular formula is C10H20N5O2S+. The Morgan fingerprint density at radius 2 is 2.33 bits per heavy atom. The number of rotatable bonds is 3. The number of likely N-dealkylation sites (tertiary alicyclic amines) is 1. The summed E-state index contributed by atoms with van der Waals surface area (Å²) in [5, 5.41) is 9.36. The first-order chi connectivity index (χ1) is 8.38. The lowest BCUT2D eigenvalue weighted by Gasteiger charge is -2.34. The highest BCUT2D eigenvalue weighted by Gasteiger charge is 2.33. The molecule has 1 saturated heterocycles. The van der Waals surface area contributed by atoms with Gasteiger partial charge in [0.1, 0.15) is 0 Å². The maximum atomic E-state index is 11.8. The number of hydrogen-bond acceptors (Lipinski definition) is 3. The van der Waals surface area contributed by atoms with Crippen molar-refractivity contribution in [1.29, 1.82) is 0 Å². The molecule has 1 aromatic heterocycles. The average Bonchev–Trinajstić information content (AvgIpc) is 2.62. The summed E-state index contributed by atoms with van der Waals surface area (Å²) in [6, 6.07) is -0.0852. The van der Waals surface area contributed by atoms with Crippen LogP contribution in [0.4, 0.5) is 5.69 Å². The zero-order valence-corrected chi connectivity index (χ0v) is 11.5. The van der Waals surface area contributed by atoms with Crippen LogP contribution in [0.5, 0.6) is 0 Å². The molecule has 0 radical (unpaired) electrons. The first-order valence-corrected chi connectivity index (χ1v) is 7.50. The van der Waals surface area contributed by atoms with Gasteiger partial charge in [-0.15, -0.1) is 0 Å². The van der Waals surface area contributed by atoms with E-state index < -0.39 is 10.2 Å². The molecule has 3 N–H and O–H groups in total. The fourth-order valence-electron chi connectivity index (χ4n) is 2.53. The van der Waals surface area contributed by atoms with Crippen LogP contribution in [0.2, 0.25) is 0 Å². The molecule has 0 amide bonds. The third-order valence-electron chi connectivity index (χ3n) is 3.28. The third-order valence-corrected chi connectivity index (χ3v) is 4.33. The van der Waals surface area contributed by atoms with Gasteiger partial charge in [-0.2, -0.15) is 13.5 Å². The SMILES string of the molecule is Cn1cc(N(C2CCC[NH+](C)C2)S(N)(=O)=O)cn1. The second-order valence-corrected chi connectivity index (χ2v) is 6.34. The number of likely N-dealkylation sites (N-methyl/N-ethyl adjacent to an activating group) is 1. The fraction of sp³-hybridized carbons (Fsp3) is 0.700. The Hall–Kier alpha value is -1.12. The Balaban J connectivity index is 2.31. The van der Waals surface area contributed by atoms with Gasteiger partial charge in [-0.1, -0.05) is 0 Å². The molecule has 2 rings (SSSR count). The molecule has 18 heavy (non-hydrogen) atoms. The molecule has 2 unspecified atom stereocenters. The van der Waals surface area contributed by atoms with Gasteiger partial charge in [-0.05, 0) is 12.8 Å². The Bertz CT molecular complexity index is 512. The van der Waals surface area contributed by atoms with Crippen LogP contribution >= 0.6 is 0 Å². The van der Waals surface area contributed by atoms with Crippen molar-refractivity contribution in [3.05, 3.63) is 12.4 Å². The molecule has 0 aliphatic carbocycles. The second-order valence-electron chi connectivity index (χ2n) is 4.92. The van der Waals surface area contributed by atoms with E-state index in [0.29, 0.717) is 5.69 Å². The molecule has 2 heterocycles. The Kier molecular flexibility index (Phi) is 3.60. The first-order valence-electron chi connectivity index (χ1n) is 6.00. The number of nitrogens with one attached hydrogen (secondary N) is 1. The van der Waals surface area contributed by atoms with Crippen molar-refractivity contribution in [2.75, 3.05) is 24.4 Å². The van der Waals surface area contributed by atoms with E-state index in [4.69, 9.17) is 5.14 Å². The largest absolute Gasteiger partial charge is 0.336 e. The monoisotopic (exact) mass is 274 g/mol. The summed E-state index contributed by atoms with van der Waals surface area (Å²) in [5.41, 5.74) is 0.541. The van der Waals surface area contributed by atoms with Crippen molar-refractivity contribution in [2.45, 2.75) is 18.9 Å². The summed E-state index contributed by atoms with van der Waals surface area (Å²) in [6.07, 6.45) is 5.05. The number of nitrogens with zero attached hydrogens (tertiary/aromatic N) is 3. The average molecular weight is 274 g/mol. The van der Waals surface area contributed by atoms with E-state index in [2.05, 4.69) is 12.1 Å². The highest BCUT2D eigenvalue weighted by atomic mass is 32.2. The van der Waals surface area contributed by atoms with E-state index in [1.165, 1.54) is 15.4 Å². The van der Waals surface area contributed by atoms with Crippen LogP contribution in [0.15, 0.2) is 12.4 Å². The number of aromatic nitrogens is 2. The van der Waals surface area contributed by atoms with Gasteiger partial charge in [-0.3, -0.25) is 4.68 Å². The van der Waals surface area contributed by atoms with Gasteiger partial charge >= 0.3 is 0 Å². The molecule has 2 atom stereocenters. The van der Waals surface area contributed by atoms with E-state index in [1.54, 1.807) is 17.9 Å². The molecule has 0 saturated carbocycles. The minimum absolute atomic E-state index is 0.0852. The molecule has 8 heteroatoms. The quantitative estimate of drug-likeness (QED) is 0.675. The molecule has 0 spiro atoms. The van der Waals surface area contributed by atoms with E-state index in [-0.39, 0.29) is 6.04 Å². The lowest BCUT2D eigenvalue weighted by atomic mass is 10.1. The number of nitrogens with two attached hydrogens (primary N) is 1. The van der Waals surface area contributed by atoms with Gasteiger partial charge in [0, 0.05) is 13.2 Å². The third kappa shape index (κ3) is 2.82. The predicted molar refractivity (Wildman–Crippen MR) is 68.4 cm³/mol. The normalized spacial score (nSPS) is 25.1. The van der Waals surface area contributed by atoms with Crippen molar-refractivity contribution in [2.24, 2.45) is 12.2 Å². The van der Waals surface area contributed by atoms with Crippen molar-refractivity contribution in [3.63, 3.8) is 0 Å². The maximum absolute atomic E-state index is 11.8. The molecule has 1 fully saturated rings. The molecule has 7 nitrogen and oxygen atoms in total. The zero-order valence-electron chi connectivity index (χ0n) is 10.7. The molecule has 1 aliphatic heterocycles. The minimum atomic E-state index is -3.76. The summed E-state index contributed by atoms with van der Waals surface area (Å²) >= 11 is 0. The van der Waals surface area contributed by atoms with Crippen molar-refractivity contribution >= 4 is 15.9 Å². The highest BCUT2D eigenvalue weighted by Crippen LogP contribution is 2.21. The topological polar surface area (TPSA) is 85.7 Å². The summed E-state index contributed by atoms with van der Waals surface area (Å²) in [7, 11) is 0.0582. The summed E-state index contributed by atoms with van der Waals surface area (Å²) in [4.78, 5) is 1.32. The Labute approximate surface area is 107 Å². The van der Waals surface area contributed by atoms with Gasteiger partial charge in [-0.25, -0.2) is 9.44 Å². The van der Waals surface area contributed by atoms with Crippen LogP contribution in [0, 0.1) is 0 Å².